The van der Waals surface area contributed by atoms with Gasteiger partial charge in [-0.1, -0.05) is 41.6 Å². The van der Waals surface area contributed by atoms with Crippen LogP contribution in [0, 0.1) is 13.8 Å². The maximum absolute atomic E-state index is 6.18. The van der Waals surface area contributed by atoms with Gasteiger partial charge in [-0.3, -0.25) is 0 Å². The number of aromatic nitrogens is 3. The Hall–Kier alpha value is -3.86. The molecule has 0 radical (unpaired) electrons. The summed E-state index contributed by atoms with van der Waals surface area (Å²) >= 11 is 0. The molecule has 0 aliphatic rings. The molecule has 3 heterocycles. The SMILES string of the molecule is Cc1noc(C)c1-c1cc(-c2ccccc2Oc2ccccc2)cn2cncc12. The van der Waals surface area contributed by atoms with Gasteiger partial charge in [0.15, 0.2) is 0 Å². The van der Waals surface area contributed by atoms with E-state index in [1.54, 1.807) is 6.33 Å². The van der Waals surface area contributed by atoms with Crippen LogP contribution in [0.1, 0.15) is 11.5 Å². The van der Waals surface area contributed by atoms with Crippen LogP contribution in [0.3, 0.4) is 0 Å². The number of para-hydroxylation sites is 2. The van der Waals surface area contributed by atoms with Crippen molar-refractivity contribution in [3.05, 3.63) is 90.8 Å². The van der Waals surface area contributed by atoms with Crippen LogP contribution < -0.4 is 4.74 Å². The van der Waals surface area contributed by atoms with E-state index in [0.29, 0.717) is 0 Å². The highest BCUT2D eigenvalue weighted by Gasteiger charge is 2.18. The molecule has 3 aromatic heterocycles. The molecule has 0 fully saturated rings. The molecule has 2 aromatic carbocycles. The molecule has 5 aromatic rings. The molecule has 0 spiro atoms. The fraction of sp³-hybridized carbons (Fsp3) is 0.0833. The molecule has 142 valence electrons. The minimum Gasteiger partial charge on any atom is -0.457 e. The van der Waals surface area contributed by atoms with Crippen molar-refractivity contribution in [3.8, 4) is 33.8 Å². The van der Waals surface area contributed by atoms with Gasteiger partial charge in [-0.25, -0.2) is 4.98 Å². The summed E-state index contributed by atoms with van der Waals surface area (Å²) in [6, 6.07) is 20.0. The molecule has 5 heteroatoms. The Balaban J connectivity index is 1.69. The highest BCUT2D eigenvalue weighted by Crippen LogP contribution is 2.38. The number of fused-ring (bicyclic) bond motifs is 1. The quantitative estimate of drug-likeness (QED) is 0.379. The lowest BCUT2D eigenvalue weighted by atomic mass is 9.99. The van der Waals surface area contributed by atoms with E-state index in [9.17, 15) is 0 Å². The fourth-order valence-corrected chi connectivity index (χ4v) is 3.66. The lowest BCUT2D eigenvalue weighted by Crippen LogP contribution is -1.93. The Morgan fingerprint density at radius 2 is 1.72 bits per heavy atom. The standard InChI is InChI=1S/C24H19N3O2/c1-16-24(17(2)29-26-16)21-12-18(14-27-15-25-13-22(21)27)20-10-6-7-11-23(20)28-19-8-4-3-5-9-19/h3-15H,1-2H3. The van der Waals surface area contributed by atoms with Gasteiger partial charge in [-0.2, -0.15) is 0 Å². The normalized spacial score (nSPS) is 11.1. The summed E-state index contributed by atoms with van der Waals surface area (Å²) in [5, 5.41) is 4.13. The molecule has 0 aliphatic heterocycles. The van der Waals surface area contributed by atoms with E-state index in [-0.39, 0.29) is 0 Å². The highest BCUT2D eigenvalue weighted by atomic mass is 16.5. The average molecular weight is 381 g/mol. The summed E-state index contributed by atoms with van der Waals surface area (Å²) in [6.45, 7) is 3.89. The van der Waals surface area contributed by atoms with Gasteiger partial charge in [0.2, 0.25) is 0 Å². The number of benzene rings is 2. The zero-order valence-corrected chi connectivity index (χ0v) is 16.2. The topological polar surface area (TPSA) is 52.6 Å². The molecular weight excluding hydrogens is 362 g/mol. The second-order valence-corrected chi connectivity index (χ2v) is 6.94. The van der Waals surface area contributed by atoms with Crippen LogP contribution in [0.15, 0.2) is 83.9 Å². The smallest absolute Gasteiger partial charge is 0.141 e. The Morgan fingerprint density at radius 3 is 2.52 bits per heavy atom. The lowest BCUT2D eigenvalue weighted by Gasteiger charge is -2.13. The number of imidazole rings is 1. The third-order valence-corrected chi connectivity index (χ3v) is 4.99. The Bertz CT molecular complexity index is 1280. The second-order valence-electron chi connectivity index (χ2n) is 6.94. The van der Waals surface area contributed by atoms with Crippen LogP contribution in [-0.2, 0) is 0 Å². The Labute approximate surface area is 168 Å². The van der Waals surface area contributed by atoms with E-state index in [0.717, 1.165) is 50.7 Å². The van der Waals surface area contributed by atoms with Crippen LogP contribution >= 0.6 is 0 Å². The first-order valence-electron chi connectivity index (χ1n) is 9.42. The van der Waals surface area contributed by atoms with E-state index in [4.69, 9.17) is 9.26 Å². The maximum Gasteiger partial charge on any atom is 0.141 e. The van der Waals surface area contributed by atoms with E-state index in [2.05, 4.69) is 28.5 Å². The van der Waals surface area contributed by atoms with E-state index >= 15 is 0 Å². The first kappa shape index (κ1) is 17.3. The fourth-order valence-electron chi connectivity index (χ4n) is 3.66. The molecule has 0 N–H and O–H groups in total. The van der Waals surface area contributed by atoms with Crippen molar-refractivity contribution in [2.75, 3.05) is 0 Å². The summed E-state index contributed by atoms with van der Waals surface area (Å²) in [6.07, 6.45) is 5.73. The van der Waals surface area contributed by atoms with E-state index < -0.39 is 0 Å². The van der Waals surface area contributed by atoms with E-state index in [1.807, 2.05) is 73.0 Å². The molecule has 5 nitrogen and oxygen atoms in total. The zero-order valence-electron chi connectivity index (χ0n) is 16.2. The molecule has 0 aliphatic carbocycles. The van der Waals surface area contributed by atoms with Gasteiger partial charge in [0.05, 0.1) is 23.7 Å². The predicted molar refractivity (Wildman–Crippen MR) is 112 cm³/mol. The van der Waals surface area contributed by atoms with E-state index in [1.165, 1.54) is 0 Å². The van der Waals surface area contributed by atoms with Gasteiger partial charge in [0.1, 0.15) is 17.3 Å². The van der Waals surface area contributed by atoms with Gasteiger partial charge in [0.25, 0.3) is 0 Å². The van der Waals surface area contributed by atoms with Crippen molar-refractivity contribution in [3.63, 3.8) is 0 Å². The van der Waals surface area contributed by atoms with Gasteiger partial charge in [-0.05, 0) is 38.1 Å². The van der Waals surface area contributed by atoms with Gasteiger partial charge >= 0.3 is 0 Å². The number of hydrogen-bond acceptors (Lipinski definition) is 4. The monoisotopic (exact) mass is 381 g/mol. The molecule has 0 atom stereocenters. The number of hydrogen-bond donors (Lipinski definition) is 0. The number of nitrogens with zero attached hydrogens (tertiary/aromatic N) is 3. The molecule has 5 rings (SSSR count). The van der Waals surface area contributed by atoms with Crippen molar-refractivity contribution in [2.45, 2.75) is 13.8 Å². The molecule has 0 amide bonds. The molecule has 0 saturated carbocycles. The van der Waals surface area contributed by atoms with Crippen molar-refractivity contribution in [2.24, 2.45) is 0 Å². The number of pyridine rings is 1. The molecule has 0 unspecified atom stereocenters. The van der Waals surface area contributed by atoms with Crippen molar-refractivity contribution >= 4 is 5.52 Å². The van der Waals surface area contributed by atoms with Crippen LogP contribution in [0.5, 0.6) is 11.5 Å². The molecule has 0 bridgehead atoms. The first-order valence-corrected chi connectivity index (χ1v) is 9.42. The van der Waals surface area contributed by atoms with Crippen LogP contribution in [0.4, 0.5) is 0 Å². The summed E-state index contributed by atoms with van der Waals surface area (Å²) in [5.74, 6) is 2.38. The molecular formula is C24H19N3O2. The maximum atomic E-state index is 6.18. The van der Waals surface area contributed by atoms with Crippen molar-refractivity contribution < 1.29 is 9.26 Å². The van der Waals surface area contributed by atoms with Gasteiger partial charge < -0.3 is 13.7 Å². The van der Waals surface area contributed by atoms with Gasteiger partial charge in [-0.15, -0.1) is 0 Å². The first-order chi connectivity index (χ1) is 14.2. The van der Waals surface area contributed by atoms with Crippen molar-refractivity contribution in [1.82, 2.24) is 14.5 Å². The lowest BCUT2D eigenvalue weighted by molar-refractivity contribution is 0.393. The average Bonchev–Trinajstić information content (AvgIpc) is 3.35. The zero-order chi connectivity index (χ0) is 19.8. The third kappa shape index (κ3) is 3.06. The second kappa shape index (κ2) is 6.95. The summed E-state index contributed by atoms with van der Waals surface area (Å²) in [5.41, 5.74) is 5.92. The summed E-state index contributed by atoms with van der Waals surface area (Å²) < 4.78 is 13.6. The van der Waals surface area contributed by atoms with Crippen LogP contribution in [0.2, 0.25) is 0 Å². The number of aryl methyl sites for hydroxylation is 2. The minimum atomic E-state index is 0.788. The minimum absolute atomic E-state index is 0.788. The van der Waals surface area contributed by atoms with Gasteiger partial charge in [0, 0.05) is 28.5 Å². The van der Waals surface area contributed by atoms with Crippen LogP contribution in [0.25, 0.3) is 27.8 Å². The molecule has 0 saturated heterocycles. The third-order valence-electron chi connectivity index (χ3n) is 4.99. The highest BCUT2D eigenvalue weighted by molar-refractivity contribution is 5.86. The summed E-state index contributed by atoms with van der Waals surface area (Å²) in [4.78, 5) is 4.34. The predicted octanol–water partition coefficient (Wildman–Crippen LogP) is 6.07. The Morgan fingerprint density at radius 1 is 0.931 bits per heavy atom. The van der Waals surface area contributed by atoms with Crippen LogP contribution in [-0.4, -0.2) is 14.5 Å². The number of ether oxygens (including phenoxy) is 1. The number of rotatable bonds is 4. The molecule has 29 heavy (non-hydrogen) atoms. The van der Waals surface area contributed by atoms with Crippen molar-refractivity contribution in [1.29, 1.82) is 0 Å². The largest absolute Gasteiger partial charge is 0.457 e. The Kier molecular flexibility index (Phi) is 4.13. The summed E-state index contributed by atoms with van der Waals surface area (Å²) in [7, 11) is 0.